The maximum atomic E-state index is 13.5. The van der Waals surface area contributed by atoms with Crippen molar-refractivity contribution >= 4 is 23.6 Å². The Balaban J connectivity index is 2.47. The molecule has 2 rings (SSSR count). The molecule has 2 atom stereocenters. The van der Waals surface area contributed by atoms with Gasteiger partial charge in [-0.1, -0.05) is 36.4 Å². The smallest absolute Gasteiger partial charge is 0.408 e. The molecule has 0 saturated carbocycles. The van der Waals surface area contributed by atoms with Gasteiger partial charge in [0.05, 0.1) is 12.7 Å². The molecule has 2 aromatic carbocycles. The highest BCUT2D eigenvalue weighted by molar-refractivity contribution is 5.99. The first-order valence-electron chi connectivity index (χ1n) is 10.9. The number of nitrogens with one attached hydrogen (secondary N) is 2. The number of aliphatic hydroxyl groups is 1. The van der Waals surface area contributed by atoms with Gasteiger partial charge in [0.25, 0.3) is 5.91 Å². The largest absolute Gasteiger partial charge is 0.508 e. The van der Waals surface area contributed by atoms with E-state index in [0.29, 0.717) is 5.69 Å². The fourth-order valence-electron chi connectivity index (χ4n) is 3.29. The minimum atomic E-state index is -1.50. The van der Waals surface area contributed by atoms with Gasteiger partial charge in [0, 0.05) is 11.3 Å². The van der Waals surface area contributed by atoms with Crippen molar-refractivity contribution in [3.8, 4) is 11.8 Å². The second kappa shape index (κ2) is 11.9. The molecule has 2 aromatic rings. The van der Waals surface area contributed by atoms with Gasteiger partial charge in [0.15, 0.2) is 0 Å². The molecule has 3 amide bonds. The number of ether oxygens (including phenoxy) is 1. The quantitative estimate of drug-likeness (QED) is 0.422. The van der Waals surface area contributed by atoms with Crippen molar-refractivity contribution in [3.05, 3.63) is 59.7 Å². The van der Waals surface area contributed by atoms with Crippen LogP contribution >= 0.6 is 0 Å². The Labute approximate surface area is 204 Å². The number of amides is 3. The average molecular weight is 483 g/mol. The van der Waals surface area contributed by atoms with E-state index >= 15 is 0 Å². The topological polar surface area (TPSA) is 152 Å². The second-order valence-corrected chi connectivity index (χ2v) is 8.77. The average Bonchev–Trinajstić information content (AvgIpc) is 2.78. The van der Waals surface area contributed by atoms with Crippen LogP contribution in [0.3, 0.4) is 0 Å². The second-order valence-electron chi connectivity index (χ2n) is 8.77. The highest BCUT2D eigenvalue weighted by atomic mass is 16.6. The molecular formula is C25H30N4O6. The maximum absolute atomic E-state index is 13.5. The van der Waals surface area contributed by atoms with E-state index in [1.165, 1.54) is 12.1 Å². The number of hydrogen-bond donors (Lipinski definition) is 4. The Morgan fingerprint density at radius 1 is 1.11 bits per heavy atom. The van der Waals surface area contributed by atoms with Crippen LogP contribution in [0.15, 0.2) is 48.5 Å². The molecule has 0 saturated heterocycles. The van der Waals surface area contributed by atoms with Crippen LogP contribution in [-0.2, 0) is 14.3 Å². The van der Waals surface area contributed by atoms with E-state index in [4.69, 9.17) is 4.74 Å². The lowest BCUT2D eigenvalue weighted by molar-refractivity contribution is -0.140. The van der Waals surface area contributed by atoms with Crippen LogP contribution in [-0.4, -0.2) is 57.8 Å². The van der Waals surface area contributed by atoms with E-state index in [1.807, 2.05) is 6.07 Å². The van der Waals surface area contributed by atoms with Crippen LogP contribution in [0.1, 0.15) is 37.9 Å². The zero-order valence-corrected chi connectivity index (χ0v) is 20.1. The summed E-state index contributed by atoms with van der Waals surface area (Å²) in [4.78, 5) is 40.0. The molecule has 4 N–H and O–H groups in total. The van der Waals surface area contributed by atoms with Crippen molar-refractivity contribution in [1.82, 2.24) is 10.2 Å². The van der Waals surface area contributed by atoms with Crippen molar-refractivity contribution in [2.24, 2.45) is 0 Å². The minimum Gasteiger partial charge on any atom is -0.508 e. The number of nitrogens with zero attached hydrogens (tertiary/aromatic N) is 2. The lowest BCUT2D eigenvalue weighted by Crippen LogP contribution is -2.54. The maximum Gasteiger partial charge on any atom is 0.408 e. The monoisotopic (exact) mass is 482 g/mol. The summed E-state index contributed by atoms with van der Waals surface area (Å²) in [6.45, 7) is 5.31. The summed E-state index contributed by atoms with van der Waals surface area (Å²) in [6, 6.07) is 11.8. The number of rotatable bonds is 8. The van der Waals surface area contributed by atoms with Crippen molar-refractivity contribution in [2.75, 3.05) is 18.5 Å². The Morgan fingerprint density at radius 3 is 2.31 bits per heavy atom. The highest BCUT2D eigenvalue weighted by Gasteiger charge is 2.37. The lowest BCUT2D eigenvalue weighted by Gasteiger charge is -2.32. The summed E-state index contributed by atoms with van der Waals surface area (Å²) in [5, 5.41) is 34.8. The van der Waals surface area contributed by atoms with Gasteiger partial charge >= 0.3 is 6.09 Å². The van der Waals surface area contributed by atoms with E-state index in [-0.39, 0.29) is 11.3 Å². The Kier molecular flexibility index (Phi) is 9.19. The number of alkyl carbamates (subject to hydrolysis) is 1. The number of carbonyl (C=O) groups is 3. The summed E-state index contributed by atoms with van der Waals surface area (Å²) >= 11 is 0. The third kappa shape index (κ3) is 7.45. The van der Waals surface area contributed by atoms with E-state index in [2.05, 4.69) is 10.6 Å². The summed E-state index contributed by atoms with van der Waals surface area (Å²) in [5.74, 6) is -1.87. The Hall–Kier alpha value is -4.10. The SMILES string of the molecule is Cc1ccccc1NC(=O)C(c1ccccc1O)N(CC#N)C(=O)C(CO)NC(=O)OC(C)(C)C. The van der Waals surface area contributed by atoms with Crippen LogP contribution in [0.4, 0.5) is 10.5 Å². The molecule has 0 spiro atoms. The Morgan fingerprint density at radius 2 is 1.74 bits per heavy atom. The van der Waals surface area contributed by atoms with Gasteiger partial charge in [-0.15, -0.1) is 0 Å². The van der Waals surface area contributed by atoms with Crippen molar-refractivity contribution in [2.45, 2.75) is 45.4 Å². The minimum absolute atomic E-state index is 0.0659. The van der Waals surface area contributed by atoms with E-state index in [1.54, 1.807) is 64.1 Å². The molecule has 0 aliphatic rings. The fourth-order valence-corrected chi connectivity index (χ4v) is 3.29. The number of aliphatic hydroxyl groups excluding tert-OH is 1. The summed E-state index contributed by atoms with van der Waals surface area (Å²) < 4.78 is 5.15. The van der Waals surface area contributed by atoms with Gasteiger partial charge in [0.2, 0.25) is 5.91 Å². The number of phenols is 1. The predicted molar refractivity (Wildman–Crippen MR) is 128 cm³/mol. The van der Waals surface area contributed by atoms with Crippen molar-refractivity contribution in [1.29, 1.82) is 5.26 Å². The number of phenolic OH excluding ortho intramolecular Hbond substituents is 1. The molecule has 35 heavy (non-hydrogen) atoms. The zero-order chi connectivity index (χ0) is 26.2. The molecule has 0 bridgehead atoms. The number of benzene rings is 2. The Bertz CT molecular complexity index is 1110. The van der Waals surface area contributed by atoms with Crippen LogP contribution in [0.25, 0.3) is 0 Å². The number of aromatic hydroxyl groups is 1. The first-order valence-corrected chi connectivity index (χ1v) is 10.9. The molecule has 0 aromatic heterocycles. The van der Waals surface area contributed by atoms with Crippen molar-refractivity contribution < 1.29 is 29.3 Å². The van der Waals surface area contributed by atoms with Gasteiger partial charge in [-0.2, -0.15) is 5.26 Å². The normalized spacial score (nSPS) is 12.6. The number of anilines is 1. The summed E-state index contributed by atoms with van der Waals surface area (Å²) in [7, 11) is 0. The molecule has 10 nitrogen and oxygen atoms in total. The molecule has 10 heteroatoms. The van der Waals surface area contributed by atoms with Crippen LogP contribution in [0.5, 0.6) is 5.75 Å². The van der Waals surface area contributed by atoms with E-state index in [0.717, 1.165) is 10.5 Å². The predicted octanol–water partition coefficient (Wildman–Crippen LogP) is 2.62. The summed E-state index contributed by atoms with van der Waals surface area (Å²) in [6.07, 6.45) is -0.953. The lowest BCUT2D eigenvalue weighted by atomic mass is 10.0. The number of para-hydroxylation sites is 2. The van der Waals surface area contributed by atoms with Gasteiger partial charge in [-0.25, -0.2) is 4.79 Å². The van der Waals surface area contributed by atoms with Gasteiger partial charge in [0.1, 0.15) is 30.0 Å². The zero-order valence-electron chi connectivity index (χ0n) is 20.1. The number of nitriles is 1. The standard InChI is InChI=1S/C25H30N4O6/c1-16-9-5-7-11-18(16)27-22(32)21(17-10-6-8-12-20(17)31)29(14-13-26)23(33)19(15-30)28-24(34)35-25(2,3)4/h5-12,19,21,30-31H,14-15H2,1-4H3,(H,27,32)(H,28,34). The molecule has 2 unspecified atom stereocenters. The van der Waals surface area contributed by atoms with Gasteiger partial charge in [-0.05, 0) is 45.4 Å². The molecule has 0 radical (unpaired) electrons. The molecule has 0 fully saturated rings. The van der Waals surface area contributed by atoms with Crippen molar-refractivity contribution in [3.63, 3.8) is 0 Å². The molecule has 0 aliphatic carbocycles. The van der Waals surface area contributed by atoms with E-state index < -0.39 is 48.7 Å². The van der Waals surface area contributed by atoms with Crippen LogP contribution in [0.2, 0.25) is 0 Å². The van der Waals surface area contributed by atoms with Crippen LogP contribution < -0.4 is 10.6 Å². The number of carbonyl (C=O) groups excluding carboxylic acids is 3. The number of hydrogen-bond acceptors (Lipinski definition) is 7. The van der Waals surface area contributed by atoms with E-state index in [9.17, 15) is 29.9 Å². The molecule has 0 heterocycles. The summed E-state index contributed by atoms with van der Waals surface area (Å²) in [5.41, 5.74) is 0.449. The van der Waals surface area contributed by atoms with Crippen LogP contribution in [0, 0.1) is 18.3 Å². The first-order chi connectivity index (χ1) is 16.5. The fraction of sp³-hybridized carbons (Fsp3) is 0.360. The first kappa shape index (κ1) is 27.1. The van der Waals surface area contributed by atoms with Gasteiger partial charge < -0.3 is 30.5 Å². The van der Waals surface area contributed by atoms with Gasteiger partial charge in [-0.3, -0.25) is 9.59 Å². The third-order valence-electron chi connectivity index (χ3n) is 4.89. The highest BCUT2D eigenvalue weighted by Crippen LogP contribution is 2.31. The number of aryl methyl sites for hydroxylation is 1. The third-order valence-corrected chi connectivity index (χ3v) is 4.89. The molecular weight excluding hydrogens is 452 g/mol. The molecule has 186 valence electrons. The molecule has 0 aliphatic heterocycles.